The number of anilines is 1. The number of benzene rings is 1. The van der Waals surface area contributed by atoms with E-state index in [-0.39, 0.29) is 12.1 Å². The van der Waals surface area contributed by atoms with Gasteiger partial charge in [0.15, 0.2) is 0 Å². The van der Waals surface area contributed by atoms with Crippen LogP contribution in [0.15, 0.2) is 28.8 Å². The molecule has 2 aromatic rings. The van der Waals surface area contributed by atoms with Crippen molar-refractivity contribution in [2.24, 2.45) is 0 Å². The largest absolute Gasteiger partial charge is 0.459 e. The molecule has 5 nitrogen and oxygen atoms in total. The van der Waals surface area contributed by atoms with Crippen molar-refractivity contribution in [2.75, 3.05) is 5.32 Å². The average molecular weight is 288 g/mol. The summed E-state index contributed by atoms with van der Waals surface area (Å²) in [6.45, 7) is 8.10. The van der Waals surface area contributed by atoms with Crippen molar-refractivity contribution in [3.05, 3.63) is 46.8 Å². The van der Waals surface area contributed by atoms with Gasteiger partial charge in [0.25, 0.3) is 0 Å². The number of aryl methyl sites for hydroxylation is 2. The molecule has 0 saturated heterocycles. The minimum Gasteiger partial charge on any atom is -0.459 e. The van der Waals surface area contributed by atoms with E-state index in [1.54, 1.807) is 12.1 Å². The number of aromatic nitrogens is 1. The van der Waals surface area contributed by atoms with Gasteiger partial charge in [-0.25, -0.2) is 4.79 Å². The molecule has 0 aliphatic heterocycles. The summed E-state index contributed by atoms with van der Waals surface area (Å²) in [4.78, 5) is 11.7. The zero-order valence-electron chi connectivity index (χ0n) is 12.8. The van der Waals surface area contributed by atoms with E-state index in [2.05, 4.69) is 10.5 Å². The Labute approximate surface area is 124 Å². The maximum absolute atomic E-state index is 11.7. The van der Waals surface area contributed by atoms with Gasteiger partial charge in [-0.05, 0) is 52.0 Å². The van der Waals surface area contributed by atoms with Gasteiger partial charge in [0.2, 0.25) is 0 Å². The first-order chi connectivity index (χ1) is 9.97. The van der Waals surface area contributed by atoms with Crippen LogP contribution in [0, 0.1) is 13.8 Å². The summed E-state index contributed by atoms with van der Waals surface area (Å²) in [5.74, 6) is 0.513. The predicted molar refractivity (Wildman–Crippen MR) is 80.3 cm³/mol. The van der Waals surface area contributed by atoms with Crippen LogP contribution in [0.3, 0.4) is 0 Å². The average Bonchev–Trinajstić information content (AvgIpc) is 2.75. The number of esters is 1. The first-order valence-electron chi connectivity index (χ1n) is 6.94. The first-order valence-corrected chi connectivity index (χ1v) is 6.94. The molecule has 0 unspecified atom stereocenters. The quantitative estimate of drug-likeness (QED) is 0.853. The maximum atomic E-state index is 11.7. The highest BCUT2D eigenvalue weighted by Gasteiger charge is 2.10. The van der Waals surface area contributed by atoms with Crippen molar-refractivity contribution in [1.82, 2.24) is 5.16 Å². The SMILES string of the molecule is Cc1noc(C)c1CNc1ccc(C(=O)OC(C)C)cc1. The third-order valence-corrected chi connectivity index (χ3v) is 3.11. The Hall–Kier alpha value is -2.30. The summed E-state index contributed by atoms with van der Waals surface area (Å²) in [6.07, 6.45) is -0.116. The lowest BCUT2D eigenvalue weighted by Crippen LogP contribution is -2.11. The van der Waals surface area contributed by atoms with Crippen LogP contribution in [0.4, 0.5) is 5.69 Å². The Morgan fingerprint density at radius 1 is 1.29 bits per heavy atom. The molecule has 21 heavy (non-hydrogen) atoms. The van der Waals surface area contributed by atoms with Crippen molar-refractivity contribution in [1.29, 1.82) is 0 Å². The second-order valence-electron chi connectivity index (χ2n) is 5.19. The number of carbonyl (C=O) groups is 1. The van der Waals surface area contributed by atoms with Gasteiger partial charge in [-0.2, -0.15) is 0 Å². The first kappa shape index (κ1) is 15.1. The van der Waals surface area contributed by atoms with Crippen molar-refractivity contribution in [2.45, 2.75) is 40.3 Å². The molecule has 5 heteroatoms. The second kappa shape index (κ2) is 6.43. The Kier molecular flexibility index (Phi) is 4.62. The van der Waals surface area contributed by atoms with Crippen LogP contribution in [-0.2, 0) is 11.3 Å². The fraction of sp³-hybridized carbons (Fsp3) is 0.375. The van der Waals surface area contributed by atoms with Crippen LogP contribution in [0.2, 0.25) is 0 Å². The molecule has 1 heterocycles. The van der Waals surface area contributed by atoms with Crippen LogP contribution in [0.1, 0.15) is 41.2 Å². The predicted octanol–water partition coefficient (Wildman–Crippen LogP) is 3.47. The number of ether oxygens (including phenoxy) is 1. The monoisotopic (exact) mass is 288 g/mol. The standard InChI is InChI=1S/C16H20N2O3/c1-10(2)20-16(19)13-5-7-14(8-6-13)17-9-15-11(3)18-21-12(15)4/h5-8,10,17H,9H2,1-4H3. The molecular formula is C16H20N2O3. The van der Waals surface area contributed by atoms with Gasteiger partial charge in [0, 0.05) is 17.8 Å². The van der Waals surface area contributed by atoms with Crippen molar-refractivity contribution >= 4 is 11.7 Å². The minimum absolute atomic E-state index is 0.116. The highest BCUT2D eigenvalue weighted by molar-refractivity contribution is 5.89. The molecule has 0 atom stereocenters. The molecular weight excluding hydrogens is 268 g/mol. The van der Waals surface area contributed by atoms with Crippen LogP contribution in [-0.4, -0.2) is 17.2 Å². The zero-order valence-corrected chi connectivity index (χ0v) is 12.8. The number of nitrogens with one attached hydrogen (secondary N) is 1. The molecule has 0 amide bonds. The van der Waals surface area contributed by atoms with Crippen LogP contribution in [0.5, 0.6) is 0 Å². The van der Waals surface area contributed by atoms with Gasteiger partial charge in [-0.1, -0.05) is 5.16 Å². The van der Waals surface area contributed by atoms with E-state index >= 15 is 0 Å². The molecule has 0 aliphatic rings. The van der Waals surface area contributed by atoms with Gasteiger partial charge in [0.1, 0.15) is 5.76 Å². The Morgan fingerprint density at radius 3 is 2.48 bits per heavy atom. The lowest BCUT2D eigenvalue weighted by Gasteiger charge is -2.09. The van der Waals surface area contributed by atoms with E-state index < -0.39 is 0 Å². The third-order valence-electron chi connectivity index (χ3n) is 3.11. The number of hydrogen-bond acceptors (Lipinski definition) is 5. The summed E-state index contributed by atoms with van der Waals surface area (Å²) < 4.78 is 10.3. The van der Waals surface area contributed by atoms with E-state index in [4.69, 9.17) is 9.26 Å². The Morgan fingerprint density at radius 2 is 1.95 bits per heavy atom. The molecule has 2 rings (SSSR count). The number of carbonyl (C=O) groups excluding carboxylic acids is 1. The van der Waals surface area contributed by atoms with Crippen LogP contribution in [0.25, 0.3) is 0 Å². The molecule has 0 bridgehead atoms. The zero-order chi connectivity index (χ0) is 15.4. The normalized spacial score (nSPS) is 10.7. The van der Waals surface area contributed by atoms with E-state index in [0.717, 1.165) is 22.7 Å². The summed E-state index contributed by atoms with van der Waals surface area (Å²) in [5.41, 5.74) is 3.41. The van der Waals surface area contributed by atoms with E-state index in [1.807, 2.05) is 39.8 Å². The topological polar surface area (TPSA) is 64.4 Å². The summed E-state index contributed by atoms with van der Waals surface area (Å²) in [5, 5.41) is 7.20. The lowest BCUT2D eigenvalue weighted by molar-refractivity contribution is 0.0378. The Bertz CT molecular complexity index is 595. The summed E-state index contributed by atoms with van der Waals surface area (Å²) in [7, 11) is 0. The number of nitrogens with zero attached hydrogens (tertiary/aromatic N) is 1. The molecule has 1 aromatic heterocycles. The van der Waals surface area contributed by atoms with Gasteiger partial charge in [-0.3, -0.25) is 0 Å². The fourth-order valence-corrected chi connectivity index (χ4v) is 1.95. The van der Waals surface area contributed by atoms with E-state index in [9.17, 15) is 4.79 Å². The summed E-state index contributed by atoms with van der Waals surface area (Å²) in [6, 6.07) is 7.21. The Balaban J connectivity index is 1.98. The second-order valence-corrected chi connectivity index (χ2v) is 5.19. The van der Waals surface area contributed by atoms with Crippen LogP contribution >= 0.6 is 0 Å². The molecule has 1 aromatic carbocycles. The fourth-order valence-electron chi connectivity index (χ4n) is 1.95. The highest BCUT2D eigenvalue weighted by Crippen LogP contribution is 2.16. The van der Waals surface area contributed by atoms with Gasteiger partial charge in [-0.15, -0.1) is 0 Å². The number of hydrogen-bond donors (Lipinski definition) is 1. The molecule has 1 N–H and O–H groups in total. The molecule has 0 saturated carbocycles. The van der Waals surface area contributed by atoms with Gasteiger partial charge in [0.05, 0.1) is 17.4 Å². The molecule has 112 valence electrons. The number of rotatable bonds is 5. The summed E-state index contributed by atoms with van der Waals surface area (Å²) >= 11 is 0. The smallest absolute Gasteiger partial charge is 0.338 e. The lowest BCUT2D eigenvalue weighted by atomic mass is 10.2. The van der Waals surface area contributed by atoms with Crippen molar-refractivity contribution in [3.63, 3.8) is 0 Å². The molecule has 0 aliphatic carbocycles. The molecule has 0 fully saturated rings. The molecule has 0 spiro atoms. The van der Waals surface area contributed by atoms with Gasteiger partial charge >= 0.3 is 5.97 Å². The highest BCUT2D eigenvalue weighted by atomic mass is 16.5. The van der Waals surface area contributed by atoms with E-state index in [1.165, 1.54) is 0 Å². The van der Waals surface area contributed by atoms with Crippen LogP contribution < -0.4 is 5.32 Å². The minimum atomic E-state index is -0.303. The van der Waals surface area contributed by atoms with Crippen molar-refractivity contribution in [3.8, 4) is 0 Å². The molecule has 0 radical (unpaired) electrons. The third kappa shape index (κ3) is 3.84. The maximum Gasteiger partial charge on any atom is 0.338 e. The van der Waals surface area contributed by atoms with Crippen molar-refractivity contribution < 1.29 is 14.1 Å². The van der Waals surface area contributed by atoms with Gasteiger partial charge < -0.3 is 14.6 Å². The van der Waals surface area contributed by atoms with E-state index in [0.29, 0.717) is 12.1 Å².